The molecule has 37 heavy (non-hydrogen) atoms. The quantitative estimate of drug-likeness (QED) is 0.187. The Hall–Kier alpha value is -3.30. The van der Waals surface area contributed by atoms with Crippen molar-refractivity contribution in [1.82, 2.24) is 0 Å². The zero-order valence-corrected chi connectivity index (χ0v) is 20.3. The monoisotopic (exact) mass is 526 g/mol. The summed E-state index contributed by atoms with van der Waals surface area (Å²) in [6.45, 7) is 5.95. The number of halogens is 6. The molecule has 1 atom stereocenters. The number of hydrogen-bond acceptors (Lipinski definition) is 2. The molecule has 3 rings (SSSR count). The minimum Gasteiger partial charge on any atom is -0.286 e. The van der Waals surface area contributed by atoms with Crippen LogP contribution in [0, 0.1) is 0 Å². The van der Waals surface area contributed by atoms with Crippen LogP contribution in [0.3, 0.4) is 0 Å². The van der Waals surface area contributed by atoms with Crippen molar-refractivity contribution >= 4 is 23.3 Å². The fourth-order valence-electron chi connectivity index (χ4n) is 4.32. The fourth-order valence-corrected chi connectivity index (χ4v) is 4.32. The standard InChI is InChI=1S/C27H28F6N2O2/c1-3-4-5-6-7-8-9-23-18(2)24(36)35(22-16-12-20(13-17-22)27(31,32)33)25(37)34(23)21-14-10-19(11-15-21)26(28,29)30/h10-17,23H,2-9H2,1H3. The molecule has 0 aromatic heterocycles. The summed E-state index contributed by atoms with van der Waals surface area (Å²) in [5, 5.41) is 0. The molecular formula is C27H28F6N2O2. The first-order valence-corrected chi connectivity index (χ1v) is 12.1. The normalized spacial score (nSPS) is 17.1. The highest BCUT2D eigenvalue weighted by molar-refractivity contribution is 6.27. The third kappa shape index (κ3) is 6.53. The summed E-state index contributed by atoms with van der Waals surface area (Å²) >= 11 is 0. The van der Waals surface area contributed by atoms with Crippen molar-refractivity contribution in [3.8, 4) is 0 Å². The van der Waals surface area contributed by atoms with E-state index in [1.165, 1.54) is 4.90 Å². The van der Waals surface area contributed by atoms with Gasteiger partial charge in [-0.05, 0) is 55.0 Å². The van der Waals surface area contributed by atoms with Gasteiger partial charge in [0.15, 0.2) is 0 Å². The van der Waals surface area contributed by atoms with Gasteiger partial charge in [-0.25, -0.2) is 9.69 Å². The van der Waals surface area contributed by atoms with Gasteiger partial charge in [-0.1, -0.05) is 52.0 Å². The second-order valence-corrected chi connectivity index (χ2v) is 8.98. The van der Waals surface area contributed by atoms with Crippen LogP contribution in [-0.4, -0.2) is 18.0 Å². The van der Waals surface area contributed by atoms with Crippen LogP contribution in [0.1, 0.15) is 63.0 Å². The summed E-state index contributed by atoms with van der Waals surface area (Å²) in [5.74, 6) is -0.760. The number of carbonyl (C=O) groups is 2. The SMILES string of the molecule is C=C1C(=O)N(c2ccc(C(F)(F)F)cc2)C(=O)N(c2ccc(C(F)(F)F)cc2)C1CCCCCCCC. The van der Waals surface area contributed by atoms with Gasteiger partial charge >= 0.3 is 18.4 Å². The number of amides is 3. The van der Waals surface area contributed by atoms with Crippen molar-refractivity contribution in [3.63, 3.8) is 0 Å². The van der Waals surface area contributed by atoms with Crippen molar-refractivity contribution in [2.75, 3.05) is 9.80 Å². The lowest BCUT2D eigenvalue weighted by atomic mass is 9.95. The largest absolute Gasteiger partial charge is 0.416 e. The highest BCUT2D eigenvalue weighted by Gasteiger charge is 2.43. The fraction of sp³-hybridized carbons (Fsp3) is 0.407. The van der Waals surface area contributed by atoms with Gasteiger partial charge in [0.2, 0.25) is 0 Å². The molecule has 1 saturated heterocycles. The predicted octanol–water partition coefficient (Wildman–Crippen LogP) is 8.37. The van der Waals surface area contributed by atoms with E-state index in [1.807, 2.05) is 0 Å². The van der Waals surface area contributed by atoms with Crippen LogP contribution in [0.25, 0.3) is 0 Å². The maximum Gasteiger partial charge on any atom is 0.416 e. The number of unbranched alkanes of at least 4 members (excludes halogenated alkanes) is 5. The second kappa shape index (κ2) is 11.4. The van der Waals surface area contributed by atoms with Crippen molar-refractivity contribution in [2.24, 2.45) is 0 Å². The van der Waals surface area contributed by atoms with E-state index in [2.05, 4.69) is 13.5 Å². The van der Waals surface area contributed by atoms with Crippen LogP contribution >= 0.6 is 0 Å². The molecule has 1 aliphatic rings. The first kappa shape index (κ1) is 28.3. The smallest absolute Gasteiger partial charge is 0.286 e. The van der Waals surface area contributed by atoms with E-state index in [1.54, 1.807) is 0 Å². The lowest BCUT2D eigenvalue weighted by Gasteiger charge is -2.41. The van der Waals surface area contributed by atoms with Crippen LogP contribution in [0.4, 0.5) is 42.5 Å². The van der Waals surface area contributed by atoms with Crippen molar-refractivity contribution < 1.29 is 35.9 Å². The molecule has 2 aromatic rings. The minimum atomic E-state index is -4.60. The molecular weight excluding hydrogens is 498 g/mol. The highest BCUT2D eigenvalue weighted by Crippen LogP contribution is 2.37. The molecule has 0 radical (unpaired) electrons. The molecule has 0 bridgehead atoms. The number of rotatable bonds is 9. The van der Waals surface area contributed by atoms with Gasteiger partial charge in [0.1, 0.15) is 0 Å². The maximum absolute atomic E-state index is 13.6. The Morgan fingerprint density at radius 3 is 1.68 bits per heavy atom. The van der Waals surface area contributed by atoms with E-state index in [4.69, 9.17) is 0 Å². The topological polar surface area (TPSA) is 40.6 Å². The third-order valence-electron chi connectivity index (χ3n) is 6.35. The first-order valence-electron chi connectivity index (χ1n) is 12.1. The number of nitrogens with zero attached hydrogens (tertiary/aromatic N) is 2. The van der Waals surface area contributed by atoms with Crippen LogP contribution in [-0.2, 0) is 17.1 Å². The highest BCUT2D eigenvalue weighted by atomic mass is 19.4. The van der Waals surface area contributed by atoms with Gasteiger partial charge < -0.3 is 0 Å². The molecule has 200 valence electrons. The van der Waals surface area contributed by atoms with Gasteiger partial charge in [0.05, 0.1) is 22.9 Å². The summed E-state index contributed by atoms with van der Waals surface area (Å²) in [6.07, 6.45) is -3.14. The van der Waals surface area contributed by atoms with Gasteiger partial charge in [-0.2, -0.15) is 26.3 Å². The van der Waals surface area contributed by atoms with Crippen LogP contribution in [0.2, 0.25) is 0 Å². The minimum absolute atomic E-state index is 0.0351. The number of hydrogen-bond donors (Lipinski definition) is 0. The lowest BCUT2D eigenvalue weighted by Crippen LogP contribution is -2.58. The van der Waals surface area contributed by atoms with Gasteiger partial charge in [-0.3, -0.25) is 9.69 Å². The number of imide groups is 1. The molecule has 0 aliphatic carbocycles. The van der Waals surface area contributed by atoms with E-state index in [9.17, 15) is 35.9 Å². The Kier molecular flexibility index (Phi) is 8.71. The Morgan fingerprint density at radius 2 is 1.19 bits per heavy atom. The summed E-state index contributed by atoms with van der Waals surface area (Å²) in [6, 6.07) is 5.81. The van der Waals surface area contributed by atoms with E-state index >= 15 is 0 Å². The molecule has 1 fully saturated rings. The van der Waals surface area contributed by atoms with E-state index < -0.39 is 41.5 Å². The van der Waals surface area contributed by atoms with Crippen molar-refractivity contribution in [2.45, 2.75) is 70.3 Å². The molecule has 0 N–H and O–H groups in total. The Bertz CT molecular complexity index is 1110. The van der Waals surface area contributed by atoms with Gasteiger partial charge in [-0.15, -0.1) is 0 Å². The van der Waals surface area contributed by atoms with E-state index in [0.29, 0.717) is 17.7 Å². The molecule has 10 heteroatoms. The summed E-state index contributed by atoms with van der Waals surface area (Å²) < 4.78 is 78.3. The zero-order chi connectivity index (χ0) is 27.4. The average Bonchev–Trinajstić information content (AvgIpc) is 2.83. The van der Waals surface area contributed by atoms with E-state index in [-0.39, 0.29) is 16.9 Å². The van der Waals surface area contributed by atoms with E-state index in [0.717, 1.165) is 80.6 Å². The number of anilines is 2. The summed E-state index contributed by atoms with van der Waals surface area (Å²) in [4.78, 5) is 28.7. The molecule has 3 amide bonds. The van der Waals surface area contributed by atoms with Crippen LogP contribution in [0.5, 0.6) is 0 Å². The maximum atomic E-state index is 13.6. The van der Waals surface area contributed by atoms with Crippen LogP contribution in [0.15, 0.2) is 60.7 Å². The van der Waals surface area contributed by atoms with Gasteiger partial charge in [0.25, 0.3) is 5.91 Å². The summed E-state index contributed by atoms with van der Waals surface area (Å²) in [5.41, 5.74) is -1.79. The molecule has 1 unspecified atom stereocenters. The third-order valence-corrected chi connectivity index (χ3v) is 6.35. The second-order valence-electron chi connectivity index (χ2n) is 8.98. The lowest BCUT2D eigenvalue weighted by molar-refractivity contribution is -0.138. The molecule has 1 heterocycles. The number of carbonyl (C=O) groups excluding carboxylic acids is 2. The van der Waals surface area contributed by atoms with Gasteiger partial charge in [0, 0.05) is 11.3 Å². The number of benzene rings is 2. The van der Waals surface area contributed by atoms with Crippen molar-refractivity contribution in [1.29, 1.82) is 0 Å². The molecule has 2 aromatic carbocycles. The Labute approximate surface area is 211 Å². The Balaban J connectivity index is 1.94. The predicted molar refractivity (Wildman–Crippen MR) is 129 cm³/mol. The summed E-state index contributed by atoms with van der Waals surface area (Å²) in [7, 11) is 0. The molecule has 0 spiro atoms. The number of alkyl halides is 6. The molecule has 4 nitrogen and oxygen atoms in total. The van der Waals surface area contributed by atoms with Crippen LogP contribution < -0.4 is 9.80 Å². The average molecular weight is 527 g/mol. The molecule has 1 aliphatic heterocycles. The number of urea groups is 1. The Morgan fingerprint density at radius 1 is 0.730 bits per heavy atom. The van der Waals surface area contributed by atoms with Crippen molar-refractivity contribution in [3.05, 3.63) is 71.8 Å². The zero-order valence-electron chi connectivity index (χ0n) is 20.3. The molecule has 0 saturated carbocycles. The first-order chi connectivity index (χ1) is 17.4.